The SMILES string of the molecule is COc1cc(Nc2nc(N[C@@H](c3ccccc3)[C@H](C)NC(=O)O)c(F)cc2C#N)cc(OC)n1. The molecule has 2 atom stereocenters. The van der Waals surface area contributed by atoms with Crippen molar-refractivity contribution < 1.29 is 23.8 Å². The van der Waals surface area contributed by atoms with E-state index in [2.05, 4.69) is 25.9 Å². The van der Waals surface area contributed by atoms with E-state index in [1.807, 2.05) is 12.1 Å². The van der Waals surface area contributed by atoms with Gasteiger partial charge in [0, 0.05) is 12.1 Å². The Balaban J connectivity index is 1.99. The van der Waals surface area contributed by atoms with Gasteiger partial charge in [-0.15, -0.1) is 0 Å². The summed E-state index contributed by atoms with van der Waals surface area (Å²) in [5.41, 5.74) is 1.13. The number of amides is 1. The van der Waals surface area contributed by atoms with E-state index in [0.717, 1.165) is 6.07 Å². The number of hydrogen-bond acceptors (Lipinski definition) is 8. The molecule has 11 heteroatoms. The maximum atomic E-state index is 14.9. The van der Waals surface area contributed by atoms with Crippen LogP contribution in [0.1, 0.15) is 24.1 Å². The summed E-state index contributed by atoms with van der Waals surface area (Å²) in [4.78, 5) is 19.6. The van der Waals surface area contributed by atoms with Crippen molar-refractivity contribution >= 4 is 23.4 Å². The average molecular weight is 466 g/mol. The van der Waals surface area contributed by atoms with Crippen molar-refractivity contribution in [3.05, 3.63) is 65.5 Å². The number of nitriles is 1. The van der Waals surface area contributed by atoms with Crippen LogP contribution in [0.5, 0.6) is 11.8 Å². The van der Waals surface area contributed by atoms with Crippen molar-refractivity contribution in [2.75, 3.05) is 24.9 Å². The first-order valence-corrected chi connectivity index (χ1v) is 10.1. The predicted octanol–water partition coefficient (Wildman–Crippen LogP) is 4.06. The standard InChI is InChI=1S/C23H23FN6O4/c1-13(26-23(31)32)20(14-7-5-4-6-8-14)29-22-17(24)9-15(12-25)21(30-22)27-16-10-18(33-2)28-19(11-16)34-3/h4-11,13,20,26H,1-3H3,(H,31,32)(H2,27,28,29,30)/t13-,20+/m0/s1. The highest BCUT2D eigenvalue weighted by Crippen LogP contribution is 2.29. The van der Waals surface area contributed by atoms with Crippen LogP contribution < -0.4 is 25.4 Å². The lowest BCUT2D eigenvalue weighted by Crippen LogP contribution is -2.39. The topological polar surface area (TPSA) is 141 Å². The second kappa shape index (κ2) is 10.8. The maximum absolute atomic E-state index is 14.9. The van der Waals surface area contributed by atoms with Crippen LogP contribution in [0.4, 0.5) is 26.5 Å². The normalized spacial score (nSPS) is 12.1. The van der Waals surface area contributed by atoms with Crippen LogP contribution >= 0.6 is 0 Å². The summed E-state index contributed by atoms with van der Waals surface area (Å²) in [6.45, 7) is 1.65. The smallest absolute Gasteiger partial charge is 0.404 e. The molecule has 10 nitrogen and oxygen atoms in total. The van der Waals surface area contributed by atoms with Gasteiger partial charge in [0.25, 0.3) is 0 Å². The van der Waals surface area contributed by atoms with Crippen LogP contribution in [0.15, 0.2) is 48.5 Å². The zero-order valence-corrected chi connectivity index (χ0v) is 18.7. The molecule has 0 bridgehead atoms. The number of carbonyl (C=O) groups is 1. The molecule has 0 unspecified atom stereocenters. The van der Waals surface area contributed by atoms with E-state index in [1.54, 1.807) is 43.3 Å². The first-order valence-electron chi connectivity index (χ1n) is 10.1. The maximum Gasteiger partial charge on any atom is 0.404 e. The van der Waals surface area contributed by atoms with Crippen molar-refractivity contribution in [1.82, 2.24) is 15.3 Å². The van der Waals surface area contributed by atoms with Crippen LogP contribution in [0.3, 0.4) is 0 Å². The zero-order chi connectivity index (χ0) is 24.7. The van der Waals surface area contributed by atoms with E-state index >= 15 is 0 Å². The Hall–Kier alpha value is -4.59. The van der Waals surface area contributed by atoms with E-state index in [9.17, 15) is 14.4 Å². The molecule has 1 amide bonds. The number of ether oxygens (including phenoxy) is 2. The molecule has 0 fully saturated rings. The van der Waals surface area contributed by atoms with Crippen LogP contribution in [-0.2, 0) is 0 Å². The van der Waals surface area contributed by atoms with Crippen LogP contribution in [0, 0.1) is 17.1 Å². The molecular weight excluding hydrogens is 443 g/mol. The Morgan fingerprint density at radius 3 is 2.29 bits per heavy atom. The molecule has 0 saturated heterocycles. The Labute approximate surface area is 195 Å². The third-order valence-electron chi connectivity index (χ3n) is 4.86. The largest absolute Gasteiger partial charge is 0.481 e. The summed E-state index contributed by atoms with van der Waals surface area (Å²) in [6, 6.07) is 13.8. The van der Waals surface area contributed by atoms with E-state index in [4.69, 9.17) is 14.6 Å². The number of nitrogens with zero attached hydrogens (tertiary/aromatic N) is 3. The molecule has 3 rings (SSSR count). The monoisotopic (exact) mass is 466 g/mol. The number of methoxy groups -OCH3 is 2. The summed E-state index contributed by atoms with van der Waals surface area (Å²) in [6.07, 6.45) is -1.22. The molecule has 0 spiro atoms. The lowest BCUT2D eigenvalue weighted by atomic mass is 10.0. The molecule has 2 heterocycles. The fourth-order valence-electron chi connectivity index (χ4n) is 3.25. The van der Waals surface area contributed by atoms with Gasteiger partial charge in [-0.05, 0) is 18.6 Å². The molecule has 176 valence electrons. The molecule has 34 heavy (non-hydrogen) atoms. The number of rotatable bonds is 9. The summed E-state index contributed by atoms with van der Waals surface area (Å²) in [7, 11) is 2.89. The van der Waals surface area contributed by atoms with Gasteiger partial charge in [0.2, 0.25) is 11.8 Å². The third kappa shape index (κ3) is 5.80. The number of halogens is 1. The fraction of sp³-hybridized carbons (Fsp3) is 0.217. The van der Waals surface area contributed by atoms with Gasteiger partial charge < -0.3 is 30.5 Å². The lowest BCUT2D eigenvalue weighted by molar-refractivity contribution is 0.189. The molecule has 1 aromatic carbocycles. The third-order valence-corrected chi connectivity index (χ3v) is 4.86. The zero-order valence-electron chi connectivity index (χ0n) is 18.7. The molecule has 0 aliphatic rings. The minimum absolute atomic E-state index is 0.0363. The average Bonchev–Trinajstić information content (AvgIpc) is 2.83. The molecule has 0 aliphatic heterocycles. The molecule has 0 saturated carbocycles. The van der Waals surface area contributed by atoms with Gasteiger partial charge in [-0.3, -0.25) is 0 Å². The molecule has 2 aromatic heterocycles. The summed E-state index contributed by atoms with van der Waals surface area (Å²) < 4.78 is 25.2. The number of pyridine rings is 2. The molecule has 0 aliphatic carbocycles. The first-order chi connectivity index (χ1) is 16.3. The number of benzene rings is 1. The Kier molecular flexibility index (Phi) is 7.66. The van der Waals surface area contributed by atoms with Crippen molar-refractivity contribution in [2.45, 2.75) is 19.0 Å². The van der Waals surface area contributed by atoms with Gasteiger partial charge in [0.1, 0.15) is 6.07 Å². The van der Waals surface area contributed by atoms with Gasteiger partial charge in [0.05, 0.1) is 37.6 Å². The second-order valence-corrected chi connectivity index (χ2v) is 7.16. The van der Waals surface area contributed by atoms with Crippen molar-refractivity contribution in [2.24, 2.45) is 0 Å². The van der Waals surface area contributed by atoms with Crippen LogP contribution in [0.25, 0.3) is 0 Å². The highest BCUT2D eigenvalue weighted by atomic mass is 19.1. The van der Waals surface area contributed by atoms with Crippen molar-refractivity contribution in [3.63, 3.8) is 0 Å². The Morgan fingerprint density at radius 2 is 1.74 bits per heavy atom. The Bertz CT molecular complexity index is 1180. The molecule has 0 radical (unpaired) electrons. The van der Waals surface area contributed by atoms with Gasteiger partial charge in [-0.2, -0.15) is 10.2 Å². The fourth-order valence-corrected chi connectivity index (χ4v) is 3.25. The van der Waals surface area contributed by atoms with Crippen LogP contribution in [0.2, 0.25) is 0 Å². The van der Waals surface area contributed by atoms with Gasteiger partial charge in [-0.25, -0.2) is 14.2 Å². The number of aromatic nitrogens is 2. The van der Waals surface area contributed by atoms with E-state index in [0.29, 0.717) is 11.3 Å². The predicted molar refractivity (Wildman–Crippen MR) is 123 cm³/mol. The van der Waals surface area contributed by atoms with Crippen molar-refractivity contribution in [3.8, 4) is 17.8 Å². The van der Waals surface area contributed by atoms with Gasteiger partial charge in [0.15, 0.2) is 17.5 Å². The van der Waals surface area contributed by atoms with Crippen LogP contribution in [-0.4, -0.2) is 41.4 Å². The van der Waals surface area contributed by atoms with Gasteiger partial charge >= 0.3 is 6.09 Å². The molecule has 3 aromatic rings. The highest BCUT2D eigenvalue weighted by molar-refractivity contribution is 5.67. The number of carboxylic acid groups (broad SMARTS) is 1. The Morgan fingerprint density at radius 1 is 1.09 bits per heavy atom. The highest BCUT2D eigenvalue weighted by Gasteiger charge is 2.24. The first kappa shape index (κ1) is 24.1. The molecular formula is C23H23FN6O4. The minimum Gasteiger partial charge on any atom is -0.481 e. The van der Waals surface area contributed by atoms with E-state index in [-0.39, 0.29) is 29.0 Å². The number of nitrogens with one attached hydrogen (secondary N) is 3. The second-order valence-electron chi connectivity index (χ2n) is 7.16. The number of hydrogen-bond donors (Lipinski definition) is 4. The lowest BCUT2D eigenvalue weighted by Gasteiger charge is -2.26. The van der Waals surface area contributed by atoms with Gasteiger partial charge in [-0.1, -0.05) is 30.3 Å². The summed E-state index contributed by atoms with van der Waals surface area (Å²) >= 11 is 0. The quantitative estimate of drug-likeness (QED) is 0.367. The summed E-state index contributed by atoms with van der Waals surface area (Å²) in [5, 5.41) is 27.0. The summed E-state index contributed by atoms with van der Waals surface area (Å²) in [5.74, 6) is -0.331. The minimum atomic E-state index is -1.22. The van der Waals surface area contributed by atoms with Crippen molar-refractivity contribution in [1.29, 1.82) is 5.26 Å². The number of anilines is 3. The van der Waals surface area contributed by atoms with E-state index in [1.165, 1.54) is 14.2 Å². The van der Waals surface area contributed by atoms with E-state index < -0.39 is 24.0 Å². The molecule has 4 N–H and O–H groups in total.